The highest BCUT2D eigenvalue weighted by atomic mass is 32.1. The molecule has 0 amide bonds. The molecule has 0 bridgehead atoms. The summed E-state index contributed by atoms with van der Waals surface area (Å²) in [5.41, 5.74) is 1.00. The lowest BCUT2D eigenvalue weighted by Gasteiger charge is -1.98. The third-order valence-corrected chi connectivity index (χ3v) is 2.79. The van der Waals surface area contributed by atoms with Gasteiger partial charge >= 0.3 is 0 Å². The van der Waals surface area contributed by atoms with E-state index in [-0.39, 0.29) is 12.5 Å². The number of phenols is 1. The second-order valence-electron chi connectivity index (χ2n) is 3.13. The van der Waals surface area contributed by atoms with Gasteiger partial charge < -0.3 is 14.6 Å². The Balaban J connectivity index is 2.15. The summed E-state index contributed by atoms with van der Waals surface area (Å²) >= 11 is 1.35. The van der Waals surface area contributed by atoms with Gasteiger partial charge in [0.2, 0.25) is 5.88 Å². The molecule has 0 radical (unpaired) electrons. The van der Waals surface area contributed by atoms with E-state index in [0.717, 1.165) is 10.4 Å². The number of hydrogen-bond donors (Lipinski definition) is 1. The molecule has 0 aliphatic carbocycles. The van der Waals surface area contributed by atoms with Crippen LogP contribution in [0.15, 0.2) is 30.3 Å². The standard InChI is InChI=1S/C11H11NO3S/c1-14-7-15-11-6-10(16-12-11)8-2-4-9(13)5-3-8/h2-6,13H,7H2,1H3. The Morgan fingerprint density at radius 3 is 2.75 bits per heavy atom. The van der Waals surface area contributed by atoms with Crippen LogP contribution in [0.1, 0.15) is 0 Å². The topological polar surface area (TPSA) is 51.6 Å². The van der Waals surface area contributed by atoms with Crippen LogP contribution in [0.25, 0.3) is 10.4 Å². The molecule has 0 unspecified atom stereocenters. The maximum absolute atomic E-state index is 9.17. The summed E-state index contributed by atoms with van der Waals surface area (Å²) in [6, 6.07) is 8.80. The summed E-state index contributed by atoms with van der Waals surface area (Å²) in [6.45, 7) is 0.193. The number of hydrogen-bond acceptors (Lipinski definition) is 5. The van der Waals surface area contributed by atoms with Crippen molar-refractivity contribution >= 4 is 11.5 Å². The first-order valence-electron chi connectivity index (χ1n) is 4.67. The number of aromatic nitrogens is 1. The van der Waals surface area contributed by atoms with Crippen LogP contribution in [0.2, 0.25) is 0 Å². The van der Waals surface area contributed by atoms with Crippen molar-refractivity contribution in [3.05, 3.63) is 30.3 Å². The summed E-state index contributed by atoms with van der Waals surface area (Å²) < 4.78 is 14.1. The van der Waals surface area contributed by atoms with E-state index < -0.39 is 0 Å². The third kappa shape index (κ3) is 2.50. The van der Waals surface area contributed by atoms with Gasteiger partial charge in [-0.15, -0.1) is 0 Å². The van der Waals surface area contributed by atoms with E-state index in [4.69, 9.17) is 9.47 Å². The number of ether oxygens (including phenoxy) is 2. The van der Waals surface area contributed by atoms with Crippen molar-refractivity contribution in [1.29, 1.82) is 0 Å². The first kappa shape index (κ1) is 10.9. The zero-order valence-electron chi connectivity index (χ0n) is 8.71. The Bertz CT molecular complexity index is 453. The van der Waals surface area contributed by atoms with Crippen molar-refractivity contribution in [3.63, 3.8) is 0 Å². The van der Waals surface area contributed by atoms with Crippen LogP contribution in [0.4, 0.5) is 0 Å². The van der Waals surface area contributed by atoms with Gasteiger partial charge in [0, 0.05) is 13.2 Å². The summed E-state index contributed by atoms with van der Waals surface area (Å²) in [7, 11) is 1.56. The van der Waals surface area contributed by atoms with Crippen LogP contribution < -0.4 is 4.74 Å². The molecule has 1 aromatic heterocycles. The van der Waals surface area contributed by atoms with Gasteiger partial charge in [-0.1, -0.05) is 0 Å². The van der Waals surface area contributed by atoms with Crippen molar-refractivity contribution in [1.82, 2.24) is 4.37 Å². The number of nitrogens with zero attached hydrogens (tertiary/aromatic N) is 1. The van der Waals surface area contributed by atoms with E-state index in [9.17, 15) is 5.11 Å². The quantitative estimate of drug-likeness (QED) is 0.830. The normalized spacial score (nSPS) is 10.3. The maximum Gasteiger partial charge on any atom is 0.227 e. The van der Waals surface area contributed by atoms with E-state index in [2.05, 4.69) is 4.37 Å². The molecule has 0 fully saturated rings. The number of aromatic hydroxyl groups is 1. The monoisotopic (exact) mass is 237 g/mol. The van der Waals surface area contributed by atoms with Gasteiger partial charge in [-0.3, -0.25) is 0 Å². The molecule has 1 heterocycles. The second kappa shape index (κ2) is 4.96. The molecular weight excluding hydrogens is 226 g/mol. The molecule has 1 N–H and O–H groups in total. The van der Waals surface area contributed by atoms with Gasteiger partial charge in [-0.25, -0.2) is 0 Å². The molecule has 1 aromatic carbocycles. The Morgan fingerprint density at radius 2 is 2.06 bits per heavy atom. The molecule has 2 aromatic rings. The predicted molar refractivity (Wildman–Crippen MR) is 61.7 cm³/mol. The highest BCUT2D eigenvalue weighted by Crippen LogP contribution is 2.28. The van der Waals surface area contributed by atoms with Gasteiger partial charge in [0.05, 0.1) is 4.88 Å². The third-order valence-electron chi connectivity index (χ3n) is 1.97. The average molecular weight is 237 g/mol. The molecule has 0 spiro atoms. The van der Waals surface area contributed by atoms with Gasteiger partial charge in [0.1, 0.15) is 5.75 Å². The van der Waals surface area contributed by atoms with Crippen LogP contribution in [-0.2, 0) is 4.74 Å². The lowest BCUT2D eigenvalue weighted by Crippen LogP contribution is -1.98. The van der Waals surface area contributed by atoms with Crippen LogP contribution in [-0.4, -0.2) is 23.4 Å². The average Bonchev–Trinajstić information content (AvgIpc) is 2.76. The molecule has 5 heteroatoms. The summed E-state index contributed by atoms with van der Waals surface area (Å²) in [5, 5.41) is 9.17. The van der Waals surface area contributed by atoms with E-state index >= 15 is 0 Å². The first-order chi connectivity index (χ1) is 7.79. The van der Waals surface area contributed by atoms with Crippen LogP contribution >= 0.6 is 11.5 Å². The summed E-state index contributed by atoms with van der Waals surface area (Å²) in [4.78, 5) is 0.992. The van der Waals surface area contributed by atoms with Crippen molar-refractivity contribution in [2.24, 2.45) is 0 Å². The van der Waals surface area contributed by atoms with Gasteiger partial charge in [0.15, 0.2) is 6.79 Å². The Labute approximate surface area is 97.2 Å². The Hall–Kier alpha value is -1.59. The molecule has 84 valence electrons. The van der Waals surface area contributed by atoms with Crippen molar-refractivity contribution in [2.75, 3.05) is 13.9 Å². The minimum Gasteiger partial charge on any atom is -0.508 e. The Kier molecular flexibility index (Phi) is 3.38. The van der Waals surface area contributed by atoms with Crippen molar-refractivity contribution in [3.8, 4) is 22.1 Å². The highest BCUT2D eigenvalue weighted by Gasteiger charge is 2.05. The van der Waals surface area contributed by atoms with Gasteiger partial charge in [-0.2, -0.15) is 4.37 Å². The molecule has 0 atom stereocenters. The van der Waals surface area contributed by atoms with Crippen LogP contribution in [0.5, 0.6) is 11.6 Å². The lowest BCUT2D eigenvalue weighted by molar-refractivity contribution is 0.0486. The van der Waals surface area contributed by atoms with Crippen molar-refractivity contribution in [2.45, 2.75) is 0 Å². The maximum atomic E-state index is 9.17. The number of methoxy groups -OCH3 is 1. The van der Waals surface area contributed by atoms with Crippen LogP contribution in [0, 0.1) is 0 Å². The molecule has 4 nitrogen and oxygen atoms in total. The largest absolute Gasteiger partial charge is 0.508 e. The lowest BCUT2D eigenvalue weighted by atomic mass is 10.2. The summed E-state index contributed by atoms with van der Waals surface area (Å²) in [5.74, 6) is 0.805. The zero-order chi connectivity index (χ0) is 11.4. The minimum atomic E-state index is 0.193. The predicted octanol–water partition coefficient (Wildman–Crippen LogP) is 2.50. The highest BCUT2D eigenvalue weighted by molar-refractivity contribution is 7.09. The Morgan fingerprint density at radius 1 is 1.31 bits per heavy atom. The van der Waals surface area contributed by atoms with Crippen LogP contribution in [0.3, 0.4) is 0 Å². The number of rotatable bonds is 4. The molecular formula is C11H11NO3S. The molecule has 0 saturated carbocycles. The molecule has 0 aliphatic heterocycles. The van der Waals surface area contributed by atoms with E-state index in [0.29, 0.717) is 5.88 Å². The molecule has 0 saturated heterocycles. The number of phenolic OH excluding ortho intramolecular Hbond substituents is 1. The van der Waals surface area contributed by atoms with Gasteiger partial charge in [0.25, 0.3) is 0 Å². The van der Waals surface area contributed by atoms with Gasteiger partial charge in [-0.05, 0) is 41.4 Å². The molecule has 2 rings (SSSR count). The zero-order valence-corrected chi connectivity index (χ0v) is 9.53. The fraction of sp³-hybridized carbons (Fsp3) is 0.182. The van der Waals surface area contributed by atoms with E-state index in [1.807, 2.05) is 18.2 Å². The first-order valence-corrected chi connectivity index (χ1v) is 5.45. The van der Waals surface area contributed by atoms with Crippen molar-refractivity contribution < 1.29 is 14.6 Å². The van der Waals surface area contributed by atoms with E-state index in [1.54, 1.807) is 19.2 Å². The smallest absolute Gasteiger partial charge is 0.227 e. The minimum absolute atomic E-state index is 0.193. The fourth-order valence-corrected chi connectivity index (χ4v) is 1.90. The van der Waals surface area contributed by atoms with E-state index in [1.165, 1.54) is 11.5 Å². The fourth-order valence-electron chi connectivity index (χ4n) is 1.21. The molecule has 0 aliphatic rings. The SMILES string of the molecule is COCOc1cc(-c2ccc(O)cc2)sn1. The number of benzene rings is 1. The summed E-state index contributed by atoms with van der Waals surface area (Å²) in [6.07, 6.45) is 0. The molecule has 16 heavy (non-hydrogen) atoms. The second-order valence-corrected chi connectivity index (χ2v) is 3.93.